The van der Waals surface area contributed by atoms with Crippen LogP contribution in [-0.4, -0.2) is 46.3 Å². The monoisotopic (exact) mass is 303 g/mol. The number of sulfone groups is 1. The van der Waals surface area contributed by atoms with Crippen LogP contribution in [0.2, 0.25) is 0 Å². The molecule has 2 N–H and O–H groups in total. The number of aromatic hydroxyl groups is 1. The van der Waals surface area contributed by atoms with Gasteiger partial charge < -0.3 is 19.9 Å². The number of phenols is 1. The van der Waals surface area contributed by atoms with Crippen LogP contribution in [0.3, 0.4) is 0 Å². The second kappa shape index (κ2) is 7.35. The van der Waals surface area contributed by atoms with Crippen LogP contribution in [0.25, 0.3) is 0 Å². The lowest BCUT2D eigenvalue weighted by Crippen LogP contribution is -2.17. The van der Waals surface area contributed by atoms with E-state index in [1.165, 1.54) is 20.5 Å². The van der Waals surface area contributed by atoms with Crippen molar-refractivity contribution in [1.82, 2.24) is 5.32 Å². The molecule has 0 amide bonds. The van der Waals surface area contributed by atoms with Gasteiger partial charge in [0, 0.05) is 12.8 Å². The fourth-order valence-corrected chi connectivity index (χ4v) is 2.41. The Hall–Kier alpha value is -1.47. The highest BCUT2D eigenvalue weighted by molar-refractivity contribution is 7.90. The average Bonchev–Trinajstić information content (AvgIpc) is 2.38. The van der Waals surface area contributed by atoms with Gasteiger partial charge in [-0.05, 0) is 30.7 Å². The second-order valence-corrected chi connectivity index (χ2v) is 6.77. The highest BCUT2D eigenvalue weighted by Gasteiger charge is 2.10. The summed E-state index contributed by atoms with van der Waals surface area (Å²) in [5.41, 5.74) is 0.885. The number of nitrogens with one attached hydrogen (secondary N) is 1. The molecule has 6 nitrogen and oxygen atoms in total. The summed E-state index contributed by atoms with van der Waals surface area (Å²) in [6, 6.07) is 3.42. The Morgan fingerprint density at radius 2 is 1.75 bits per heavy atom. The zero-order valence-corrected chi connectivity index (χ0v) is 12.8. The van der Waals surface area contributed by atoms with Crippen LogP contribution in [0, 0.1) is 0 Å². The average molecular weight is 303 g/mol. The van der Waals surface area contributed by atoms with Gasteiger partial charge in [0.1, 0.15) is 9.84 Å². The lowest BCUT2D eigenvalue weighted by Gasteiger charge is -2.11. The number of hydrogen-bond donors (Lipinski definition) is 2. The molecular formula is C13H21NO5S. The first-order valence-electron chi connectivity index (χ1n) is 6.19. The highest BCUT2D eigenvalue weighted by Crippen LogP contribution is 2.36. The molecule has 0 fully saturated rings. The van der Waals surface area contributed by atoms with Gasteiger partial charge in [0.15, 0.2) is 11.5 Å². The number of rotatable bonds is 8. The first-order valence-corrected chi connectivity index (χ1v) is 8.25. The van der Waals surface area contributed by atoms with Crippen molar-refractivity contribution in [3.8, 4) is 17.2 Å². The molecule has 0 radical (unpaired) electrons. The molecule has 0 atom stereocenters. The summed E-state index contributed by atoms with van der Waals surface area (Å²) < 4.78 is 32.1. The zero-order valence-electron chi connectivity index (χ0n) is 12.0. The minimum Gasteiger partial charge on any atom is -0.502 e. The van der Waals surface area contributed by atoms with Crippen molar-refractivity contribution in [3.05, 3.63) is 17.7 Å². The van der Waals surface area contributed by atoms with Crippen molar-refractivity contribution >= 4 is 9.84 Å². The van der Waals surface area contributed by atoms with E-state index in [0.717, 1.165) is 5.56 Å². The topological polar surface area (TPSA) is 84.9 Å². The molecule has 20 heavy (non-hydrogen) atoms. The molecular weight excluding hydrogens is 282 g/mol. The smallest absolute Gasteiger partial charge is 0.200 e. The maximum absolute atomic E-state index is 11.0. The van der Waals surface area contributed by atoms with Crippen molar-refractivity contribution in [2.75, 3.05) is 32.8 Å². The van der Waals surface area contributed by atoms with E-state index in [1.807, 2.05) is 0 Å². The minimum atomic E-state index is -2.91. The largest absolute Gasteiger partial charge is 0.502 e. The quantitative estimate of drug-likeness (QED) is 0.695. The lowest BCUT2D eigenvalue weighted by atomic mass is 10.2. The maximum atomic E-state index is 11.0. The second-order valence-electron chi connectivity index (χ2n) is 4.51. The van der Waals surface area contributed by atoms with Crippen molar-refractivity contribution in [1.29, 1.82) is 0 Å². The first-order chi connectivity index (χ1) is 9.37. The number of benzene rings is 1. The van der Waals surface area contributed by atoms with Gasteiger partial charge in [-0.3, -0.25) is 0 Å². The van der Waals surface area contributed by atoms with Gasteiger partial charge in [-0.2, -0.15) is 0 Å². The Morgan fingerprint density at radius 3 is 2.20 bits per heavy atom. The molecule has 1 aromatic carbocycles. The Kier molecular flexibility index (Phi) is 6.09. The van der Waals surface area contributed by atoms with E-state index in [0.29, 0.717) is 31.0 Å². The summed E-state index contributed by atoms with van der Waals surface area (Å²) in [5.74, 6) is 0.827. The Bertz CT molecular complexity index is 517. The van der Waals surface area contributed by atoms with E-state index >= 15 is 0 Å². The van der Waals surface area contributed by atoms with Crippen LogP contribution < -0.4 is 14.8 Å². The number of ether oxygens (including phenoxy) is 2. The summed E-state index contributed by atoms with van der Waals surface area (Å²) >= 11 is 0. The third-order valence-corrected chi connectivity index (χ3v) is 3.77. The van der Waals surface area contributed by atoms with Crippen LogP contribution in [0.5, 0.6) is 17.2 Å². The fraction of sp³-hybridized carbons (Fsp3) is 0.538. The van der Waals surface area contributed by atoms with E-state index in [2.05, 4.69) is 5.32 Å². The summed E-state index contributed by atoms with van der Waals surface area (Å²) in [7, 11) is 0.0309. The molecule has 0 spiro atoms. The van der Waals surface area contributed by atoms with Crippen molar-refractivity contribution in [3.63, 3.8) is 0 Å². The van der Waals surface area contributed by atoms with Crippen molar-refractivity contribution < 1.29 is 23.0 Å². The van der Waals surface area contributed by atoms with E-state index in [4.69, 9.17) is 9.47 Å². The van der Waals surface area contributed by atoms with Gasteiger partial charge in [-0.15, -0.1) is 0 Å². The molecule has 0 aliphatic rings. The molecule has 0 heterocycles. The zero-order chi connectivity index (χ0) is 15.2. The van der Waals surface area contributed by atoms with Gasteiger partial charge in [0.05, 0.1) is 20.0 Å². The van der Waals surface area contributed by atoms with Gasteiger partial charge in [-0.1, -0.05) is 0 Å². The van der Waals surface area contributed by atoms with Crippen LogP contribution >= 0.6 is 0 Å². The lowest BCUT2D eigenvalue weighted by molar-refractivity contribution is 0.339. The fourth-order valence-electron chi connectivity index (χ4n) is 1.74. The molecule has 0 aliphatic heterocycles. The van der Waals surface area contributed by atoms with Crippen molar-refractivity contribution in [2.24, 2.45) is 0 Å². The molecule has 1 rings (SSSR count). The standard InChI is InChI=1S/C13H21NO5S/c1-18-11-7-10(8-12(19-2)13(11)15)9-14-5-4-6-20(3,16)17/h7-8,14-15H,4-6,9H2,1-3H3. The van der Waals surface area contributed by atoms with Crippen LogP contribution in [-0.2, 0) is 16.4 Å². The third kappa shape index (κ3) is 5.26. The Labute approximate surface area is 119 Å². The molecule has 0 unspecified atom stereocenters. The highest BCUT2D eigenvalue weighted by atomic mass is 32.2. The molecule has 0 aromatic heterocycles. The van der Waals surface area contributed by atoms with E-state index in [-0.39, 0.29) is 11.5 Å². The van der Waals surface area contributed by atoms with E-state index in [9.17, 15) is 13.5 Å². The van der Waals surface area contributed by atoms with Gasteiger partial charge in [0.25, 0.3) is 0 Å². The van der Waals surface area contributed by atoms with Gasteiger partial charge >= 0.3 is 0 Å². The molecule has 0 bridgehead atoms. The van der Waals surface area contributed by atoms with E-state index in [1.54, 1.807) is 12.1 Å². The van der Waals surface area contributed by atoms with Gasteiger partial charge in [0.2, 0.25) is 5.75 Å². The summed E-state index contributed by atoms with van der Waals surface area (Å²) in [4.78, 5) is 0. The summed E-state index contributed by atoms with van der Waals surface area (Å²) in [6.45, 7) is 1.13. The normalized spacial score (nSPS) is 11.3. The molecule has 7 heteroatoms. The Balaban J connectivity index is 2.56. The summed E-state index contributed by atoms with van der Waals surface area (Å²) in [6.07, 6.45) is 1.79. The van der Waals surface area contributed by atoms with E-state index < -0.39 is 9.84 Å². The molecule has 0 aliphatic carbocycles. The molecule has 0 saturated heterocycles. The maximum Gasteiger partial charge on any atom is 0.200 e. The molecule has 0 saturated carbocycles. The molecule has 1 aromatic rings. The predicted molar refractivity (Wildman–Crippen MR) is 77.2 cm³/mol. The SMILES string of the molecule is COc1cc(CNCCCS(C)(=O)=O)cc(OC)c1O. The van der Waals surface area contributed by atoms with Crippen LogP contribution in [0.15, 0.2) is 12.1 Å². The molecule has 114 valence electrons. The number of hydrogen-bond acceptors (Lipinski definition) is 6. The Morgan fingerprint density at radius 1 is 1.20 bits per heavy atom. The first kappa shape index (κ1) is 16.6. The number of methoxy groups -OCH3 is 2. The predicted octanol–water partition coefficient (Wildman–Crippen LogP) is 0.934. The summed E-state index contributed by atoms with van der Waals surface area (Å²) in [5, 5.41) is 12.9. The number of phenolic OH excluding ortho intramolecular Hbond substituents is 1. The van der Waals surface area contributed by atoms with Gasteiger partial charge in [-0.25, -0.2) is 8.42 Å². The van der Waals surface area contributed by atoms with Crippen molar-refractivity contribution in [2.45, 2.75) is 13.0 Å². The third-order valence-electron chi connectivity index (χ3n) is 2.74. The minimum absolute atomic E-state index is 0.0316. The van der Waals surface area contributed by atoms with Crippen LogP contribution in [0.1, 0.15) is 12.0 Å². The van der Waals surface area contributed by atoms with Crippen LogP contribution in [0.4, 0.5) is 0 Å².